The van der Waals surface area contributed by atoms with Gasteiger partial charge in [-0.2, -0.15) is 0 Å². The van der Waals surface area contributed by atoms with E-state index in [1.165, 1.54) is 11.8 Å². The number of hydrogen-bond acceptors (Lipinski definition) is 3. The van der Waals surface area contributed by atoms with Crippen LogP contribution < -0.4 is 10.1 Å². The number of halogens is 2. The van der Waals surface area contributed by atoms with Crippen molar-refractivity contribution >= 4 is 58.2 Å². The van der Waals surface area contributed by atoms with Crippen LogP contribution in [0.1, 0.15) is 0 Å². The van der Waals surface area contributed by atoms with Crippen LogP contribution in [0.15, 0.2) is 48.5 Å². The molecule has 0 saturated carbocycles. The third-order valence-corrected chi connectivity index (χ3v) is 3.11. The second kappa shape index (κ2) is 8.39. The van der Waals surface area contributed by atoms with Gasteiger partial charge in [-0.05, 0) is 30.5 Å². The first-order valence-corrected chi connectivity index (χ1v) is 7.21. The Kier molecular flexibility index (Phi) is 7.18. The molecule has 0 bridgehead atoms. The third kappa shape index (κ3) is 4.88. The molecule has 0 unspecified atom stereocenters. The van der Waals surface area contributed by atoms with Gasteiger partial charge in [-0.3, -0.25) is 5.41 Å². The summed E-state index contributed by atoms with van der Waals surface area (Å²) in [6.07, 6.45) is 1.84. The standard InChI is InChI=1S/C14H13ClN2OS.HI/c1-19-14(16)17-12-8-7-10(15)9-13(12)18-11-5-3-2-4-6-11;/h2-9H,1H3,(H2,16,17);1H. The van der Waals surface area contributed by atoms with Gasteiger partial charge >= 0.3 is 0 Å². The van der Waals surface area contributed by atoms with Crippen molar-refractivity contribution in [3.63, 3.8) is 0 Å². The van der Waals surface area contributed by atoms with E-state index >= 15 is 0 Å². The summed E-state index contributed by atoms with van der Waals surface area (Å²) in [5, 5.41) is 11.6. The summed E-state index contributed by atoms with van der Waals surface area (Å²) < 4.78 is 5.78. The van der Waals surface area contributed by atoms with E-state index in [1.54, 1.807) is 18.2 Å². The maximum absolute atomic E-state index is 7.67. The first kappa shape index (κ1) is 17.1. The largest absolute Gasteiger partial charge is 0.455 e. The molecule has 20 heavy (non-hydrogen) atoms. The van der Waals surface area contributed by atoms with Crippen molar-refractivity contribution in [2.24, 2.45) is 0 Å². The van der Waals surface area contributed by atoms with Crippen molar-refractivity contribution in [1.82, 2.24) is 0 Å². The van der Waals surface area contributed by atoms with E-state index in [4.69, 9.17) is 21.7 Å². The number of thioether (sulfide) groups is 1. The highest BCUT2D eigenvalue weighted by molar-refractivity contribution is 14.0. The molecule has 0 aliphatic rings. The number of nitrogens with one attached hydrogen (secondary N) is 2. The van der Waals surface area contributed by atoms with Crippen LogP contribution in [0.2, 0.25) is 5.02 Å². The minimum Gasteiger partial charge on any atom is -0.455 e. The molecule has 2 aromatic carbocycles. The zero-order chi connectivity index (χ0) is 13.7. The lowest BCUT2D eigenvalue weighted by molar-refractivity contribution is 0.485. The van der Waals surface area contributed by atoms with Crippen molar-refractivity contribution in [3.05, 3.63) is 53.6 Å². The molecule has 0 aromatic heterocycles. The zero-order valence-electron chi connectivity index (χ0n) is 10.7. The lowest BCUT2D eigenvalue weighted by atomic mass is 10.3. The first-order valence-electron chi connectivity index (χ1n) is 5.61. The molecule has 0 radical (unpaired) electrons. The van der Waals surface area contributed by atoms with E-state index in [1.807, 2.05) is 36.6 Å². The lowest BCUT2D eigenvalue weighted by Gasteiger charge is -2.13. The van der Waals surface area contributed by atoms with Crippen molar-refractivity contribution in [2.75, 3.05) is 11.6 Å². The average molecular weight is 421 g/mol. The Balaban J connectivity index is 0.00000200. The molecule has 2 rings (SSSR count). The van der Waals surface area contributed by atoms with E-state index in [-0.39, 0.29) is 24.0 Å². The number of benzene rings is 2. The molecule has 106 valence electrons. The quantitative estimate of drug-likeness (QED) is 0.394. The van der Waals surface area contributed by atoms with Crippen LogP contribution in [0.5, 0.6) is 11.5 Å². The lowest BCUT2D eigenvalue weighted by Crippen LogP contribution is -2.06. The number of anilines is 1. The summed E-state index contributed by atoms with van der Waals surface area (Å²) in [7, 11) is 0. The van der Waals surface area contributed by atoms with Crippen LogP contribution >= 0.6 is 47.3 Å². The molecule has 0 heterocycles. The van der Waals surface area contributed by atoms with Crippen LogP contribution in [0.3, 0.4) is 0 Å². The number of amidine groups is 1. The van der Waals surface area contributed by atoms with Gasteiger partial charge in [0, 0.05) is 11.1 Å². The number of rotatable bonds is 3. The molecule has 0 aliphatic heterocycles. The maximum Gasteiger partial charge on any atom is 0.158 e. The first-order chi connectivity index (χ1) is 9.19. The molecular formula is C14H14ClIN2OS. The molecule has 2 N–H and O–H groups in total. The topological polar surface area (TPSA) is 45.1 Å². The second-order valence-electron chi connectivity index (χ2n) is 3.71. The Bertz CT molecular complexity index is 581. The predicted octanol–water partition coefficient (Wildman–Crippen LogP) is 5.46. The molecule has 0 spiro atoms. The van der Waals surface area contributed by atoms with Gasteiger partial charge in [0.2, 0.25) is 0 Å². The normalized spacial score (nSPS) is 9.50. The predicted molar refractivity (Wildman–Crippen MR) is 98.2 cm³/mol. The maximum atomic E-state index is 7.67. The van der Waals surface area contributed by atoms with Gasteiger partial charge in [0.1, 0.15) is 5.75 Å². The number of hydrogen-bond donors (Lipinski definition) is 2. The highest BCUT2D eigenvalue weighted by Crippen LogP contribution is 2.32. The Labute approximate surface area is 144 Å². The molecule has 0 aliphatic carbocycles. The fourth-order valence-corrected chi connectivity index (χ4v) is 1.85. The highest BCUT2D eigenvalue weighted by Gasteiger charge is 2.07. The van der Waals surface area contributed by atoms with Gasteiger partial charge in [-0.1, -0.05) is 41.6 Å². The molecule has 2 aromatic rings. The summed E-state index contributed by atoms with van der Waals surface area (Å²) in [4.78, 5) is 0. The van der Waals surface area contributed by atoms with E-state index in [0.717, 1.165) is 5.75 Å². The van der Waals surface area contributed by atoms with Crippen molar-refractivity contribution in [2.45, 2.75) is 0 Å². The monoisotopic (exact) mass is 420 g/mol. The van der Waals surface area contributed by atoms with E-state index in [0.29, 0.717) is 21.6 Å². The van der Waals surface area contributed by atoms with Gasteiger partial charge < -0.3 is 10.1 Å². The van der Waals surface area contributed by atoms with Crippen LogP contribution in [-0.4, -0.2) is 11.4 Å². The Morgan fingerprint density at radius 2 is 1.90 bits per heavy atom. The summed E-state index contributed by atoms with van der Waals surface area (Å²) in [5.41, 5.74) is 0.715. The van der Waals surface area contributed by atoms with Crippen molar-refractivity contribution in [3.8, 4) is 11.5 Å². The summed E-state index contributed by atoms with van der Waals surface area (Å²) >= 11 is 7.31. The van der Waals surface area contributed by atoms with Crippen LogP contribution in [0, 0.1) is 5.41 Å². The zero-order valence-corrected chi connectivity index (χ0v) is 14.6. The van der Waals surface area contributed by atoms with Crippen molar-refractivity contribution < 1.29 is 4.74 Å². The molecule has 0 amide bonds. The van der Waals surface area contributed by atoms with Crippen molar-refractivity contribution in [1.29, 1.82) is 5.41 Å². The smallest absolute Gasteiger partial charge is 0.158 e. The molecule has 0 atom stereocenters. The SMILES string of the molecule is CSC(=N)Nc1ccc(Cl)cc1Oc1ccccc1.I. The van der Waals surface area contributed by atoms with Gasteiger partial charge in [0.05, 0.1) is 5.69 Å². The van der Waals surface area contributed by atoms with E-state index in [2.05, 4.69) is 5.32 Å². The van der Waals surface area contributed by atoms with Crippen LogP contribution in [-0.2, 0) is 0 Å². The van der Waals surface area contributed by atoms with Gasteiger partial charge in [-0.25, -0.2) is 0 Å². The van der Waals surface area contributed by atoms with Gasteiger partial charge in [0.15, 0.2) is 10.9 Å². The van der Waals surface area contributed by atoms with Crippen LogP contribution in [0.25, 0.3) is 0 Å². The number of para-hydroxylation sites is 1. The van der Waals surface area contributed by atoms with Gasteiger partial charge in [0.25, 0.3) is 0 Å². The van der Waals surface area contributed by atoms with E-state index < -0.39 is 0 Å². The van der Waals surface area contributed by atoms with E-state index in [9.17, 15) is 0 Å². The molecule has 6 heteroatoms. The summed E-state index contributed by atoms with van der Waals surface area (Å²) in [6.45, 7) is 0. The molecular weight excluding hydrogens is 407 g/mol. The molecule has 0 saturated heterocycles. The third-order valence-electron chi connectivity index (χ3n) is 2.37. The Morgan fingerprint density at radius 3 is 2.55 bits per heavy atom. The van der Waals surface area contributed by atoms with Gasteiger partial charge in [-0.15, -0.1) is 24.0 Å². The Morgan fingerprint density at radius 1 is 1.20 bits per heavy atom. The molecule has 0 fully saturated rings. The second-order valence-corrected chi connectivity index (χ2v) is 4.97. The fourth-order valence-electron chi connectivity index (χ4n) is 1.47. The summed E-state index contributed by atoms with van der Waals surface area (Å²) in [6, 6.07) is 14.7. The van der Waals surface area contributed by atoms with Crippen LogP contribution in [0.4, 0.5) is 5.69 Å². The average Bonchev–Trinajstić information content (AvgIpc) is 2.43. The highest BCUT2D eigenvalue weighted by atomic mass is 127. The minimum atomic E-state index is 0. The Hall–Kier alpha value is -0.920. The molecule has 3 nitrogen and oxygen atoms in total. The minimum absolute atomic E-state index is 0. The summed E-state index contributed by atoms with van der Waals surface area (Å²) in [5.74, 6) is 1.32. The number of ether oxygens (including phenoxy) is 1. The fraction of sp³-hybridized carbons (Fsp3) is 0.0714.